The molecule has 0 saturated heterocycles. The first-order valence-corrected chi connectivity index (χ1v) is 4.91. The molecule has 1 atom stereocenters. The predicted molar refractivity (Wildman–Crippen MR) is 56.3 cm³/mol. The molecular formula is C11H14O5. The molecule has 16 heavy (non-hydrogen) atoms. The summed E-state index contributed by atoms with van der Waals surface area (Å²) in [4.78, 5) is 10.9. The molecule has 1 rings (SSSR count). The third kappa shape index (κ3) is 2.95. The minimum absolute atomic E-state index is 0.0387. The van der Waals surface area contributed by atoms with Crippen LogP contribution in [0.3, 0.4) is 0 Å². The van der Waals surface area contributed by atoms with E-state index in [2.05, 4.69) is 0 Å². The Labute approximate surface area is 92.6 Å². The number of rotatable bonds is 5. The van der Waals surface area contributed by atoms with Gasteiger partial charge in [-0.2, -0.15) is 0 Å². The molecule has 0 aliphatic heterocycles. The molecule has 4 N–H and O–H groups in total. The quantitative estimate of drug-likeness (QED) is 0.598. The SMILES string of the molecule is O=C(O)c1ccc(O)cc1C(O)CCCO. The van der Waals surface area contributed by atoms with E-state index in [1.165, 1.54) is 18.2 Å². The van der Waals surface area contributed by atoms with Crippen molar-refractivity contribution in [1.82, 2.24) is 0 Å². The lowest BCUT2D eigenvalue weighted by Crippen LogP contribution is -2.07. The van der Waals surface area contributed by atoms with Crippen LogP contribution in [0.5, 0.6) is 5.75 Å². The van der Waals surface area contributed by atoms with Gasteiger partial charge in [0, 0.05) is 6.61 Å². The number of aromatic hydroxyl groups is 1. The van der Waals surface area contributed by atoms with Gasteiger partial charge < -0.3 is 20.4 Å². The summed E-state index contributed by atoms with van der Waals surface area (Å²) < 4.78 is 0. The van der Waals surface area contributed by atoms with Crippen molar-refractivity contribution in [2.45, 2.75) is 18.9 Å². The molecule has 0 bridgehead atoms. The first-order chi connectivity index (χ1) is 7.56. The van der Waals surface area contributed by atoms with Crippen molar-refractivity contribution < 1.29 is 25.2 Å². The van der Waals surface area contributed by atoms with Gasteiger partial charge in [-0.3, -0.25) is 0 Å². The van der Waals surface area contributed by atoms with Crippen LogP contribution in [-0.4, -0.2) is 33.0 Å². The Morgan fingerprint density at radius 2 is 2.06 bits per heavy atom. The molecule has 5 nitrogen and oxygen atoms in total. The van der Waals surface area contributed by atoms with Gasteiger partial charge in [0.15, 0.2) is 0 Å². The van der Waals surface area contributed by atoms with Crippen molar-refractivity contribution >= 4 is 5.97 Å². The predicted octanol–water partition coefficient (Wildman–Crippen LogP) is 0.896. The van der Waals surface area contributed by atoms with Gasteiger partial charge in [0.1, 0.15) is 5.75 Å². The fourth-order valence-corrected chi connectivity index (χ4v) is 1.46. The number of hydrogen-bond acceptors (Lipinski definition) is 4. The van der Waals surface area contributed by atoms with Crippen molar-refractivity contribution in [3.05, 3.63) is 29.3 Å². The van der Waals surface area contributed by atoms with Gasteiger partial charge in [0.2, 0.25) is 0 Å². The molecule has 5 heteroatoms. The van der Waals surface area contributed by atoms with Crippen LogP contribution >= 0.6 is 0 Å². The maximum Gasteiger partial charge on any atom is 0.336 e. The summed E-state index contributed by atoms with van der Waals surface area (Å²) >= 11 is 0. The molecule has 1 unspecified atom stereocenters. The number of aromatic carboxylic acids is 1. The molecule has 0 spiro atoms. The lowest BCUT2D eigenvalue weighted by atomic mass is 9.99. The van der Waals surface area contributed by atoms with Gasteiger partial charge in [-0.15, -0.1) is 0 Å². The molecule has 0 aliphatic rings. The summed E-state index contributed by atoms with van der Waals surface area (Å²) in [5.74, 6) is -1.25. The van der Waals surface area contributed by atoms with Crippen molar-refractivity contribution in [2.75, 3.05) is 6.61 Å². The molecule has 0 aliphatic carbocycles. The minimum atomic E-state index is -1.15. The lowest BCUT2D eigenvalue weighted by molar-refractivity contribution is 0.0687. The zero-order chi connectivity index (χ0) is 12.1. The Kier molecular flexibility index (Phi) is 4.28. The van der Waals surface area contributed by atoms with E-state index in [-0.39, 0.29) is 29.9 Å². The first kappa shape index (κ1) is 12.5. The highest BCUT2D eigenvalue weighted by atomic mass is 16.4. The Morgan fingerprint density at radius 1 is 1.38 bits per heavy atom. The third-order valence-electron chi connectivity index (χ3n) is 2.26. The van der Waals surface area contributed by atoms with Crippen LogP contribution in [0.4, 0.5) is 0 Å². The highest BCUT2D eigenvalue weighted by Crippen LogP contribution is 2.26. The van der Waals surface area contributed by atoms with Crippen LogP contribution in [-0.2, 0) is 0 Å². The highest BCUT2D eigenvalue weighted by molar-refractivity contribution is 5.89. The van der Waals surface area contributed by atoms with Crippen molar-refractivity contribution in [2.24, 2.45) is 0 Å². The second-order valence-corrected chi connectivity index (χ2v) is 3.46. The zero-order valence-corrected chi connectivity index (χ0v) is 8.63. The van der Waals surface area contributed by atoms with E-state index in [0.717, 1.165) is 0 Å². The van der Waals surface area contributed by atoms with Gasteiger partial charge >= 0.3 is 5.97 Å². The molecule has 0 aromatic heterocycles. The topological polar surface area (TPSA) is 98.0 Å². The summed E-state index contributed by atoms with van der Waals surface area (Å²) in [6.07, 6.45) is -0.374. The number of benzene rings is 1. The summed E-state index contributed by atoms with van der Waals surface area (Å²) in [6, 6.07) is 3.73. The van der Waals surface area contributed by atoms with E-state index in [4.69, 9.17) is 10.2 Å². The molecule has 1 aromatic rings. The Bertz CT molecular complexity index is 375. The second-order valence-electron chi connectivity index (χ2n) is 3.46. The van der Waals surface area contributed by atoms with Crippen LogP contribution in [0.2, 0.25) is 0 Å². The lowest BCUT2D eigenvalue weighted by Gasteiger charge is -2.13. The van der Waals surface area contributed by atoms with E-state index >= 15 is 0 Å². The number of phenolic OH excluding ortho intramolecular Hbond substituents is 1. The molecule has 0 radical (unpaired) electrons. The highest BCUT2D eigenvalue weighted by Gasteiger charge is 2.17. The van der Waals surface area contributed by atoms with Crippen LogP contribution in [0.1, 0.15) is 34.9 Å². The Hall–Kier alpha value is -1.59. The molecule has 88 valence electrons. The average molecular weight is 226 g/mol. The van der Waals surface area contributed by atoms with Gasteiger partial charge in [-0.25, -0.2) is 4.79 Å². The molecule has 0 fully saturated rings. The van der Waals surface area contributed by atoms with Crippen molar-refractivity contribution in [1.29, 1.82) is 0 Å². The number of carboxylic acids is 1. The van der Waals surface area contributed by atoms with Crippen LogP contribution in [0.15, 0.2) is 18.2 Å². The molecule has 0 heterocycles. The number of phenols is 1. The number of aliphatic hydroxyl groups is 2. The Morgan fingerprint density at radius 3 is 2.62 bits per heavy atom. The fourth-order valence-electron chi connectivity index (χ4n) is 1.46. The van der Waals surface area contributed by atoms with Crippen molar-refractivity contribution in [3.63, 3.8) is 0 Å². The summed E-state index contributed by atoms with van der Waals surface area (Å²) in [7, 11) is 0. The molecular weight excluding hydrogens is 212 g/mol. The van der Waals surface area contributed by atoms with Gasteiger partial charge in [0.25, 0.3) is 0 Å². The maximum atomic E-state index is 10.9. The average Bonchev–Trinajstić information content (AvgIpc) is 2.25. The molecule has 1 aromatic carbocycles. The third-order valence-corrected chi connectivity index (χ3v) is 2.26. The zero-order valence-electron chi connectivity index (χ0n) is 8.63. The van der Waals surface area contributed by atoms with Gasteiger partial charge in [-0.1, -0.05) is 0 Å². The smallest absolute Gasteiger partial charge is 0.336 e. The van der Waals surface area contributed by atoms with E-state index in [1.54, 1.807) is 0 Å². The molecule has 0 amide bonds. The van der Waals surface area contributed by atoms with E-state index in [0.29, 0.717) is 6.42 Å². The number of carboxylic acid groups (broad SMARTS) is 1. The first-order valence-electron chi connectivity index (χ1n) is 4.91. The van der Waals surface area contributed by atoms with E-state index in [1.807, 2.05) is 0 Å². The number of carbonyl (C=O) groups is 1. The maximum absolute atomic E-state index is 10.9. The molecule has 0 saturated carbocycles. The summed E-state index contributed by atoms with van der Waals surface area (Å²) in [6.45, 7) is -0.0712. The summed E-state index contributed by atoms with van der Waals surface area (Å²) in [5.41, 5.74) is 0.129. The van der Waals surface area contributed by atoms with Crippen LogP contribution in [0.25, 0.3) is 0 Å². The van der Waals surface area contributed by atoms with Gasteiger partial charge in [-0.05, 0) is 36.6 Å². The van der Waals surface area contributed by atoms with Crippen LogP contribution < -0.4 is 0 Å². The van der Waals surface area contributed by atoms with Crippen molar-refractivity contribution in [3.8, 4) is 5.75 Å². The van der Waals surface area contributed by atoms with Crippen LogP contribution in [0, 0.1) is 0 Å². The largest absolute Gasteiger partial charge is 0.508 e. The normalized spacial score (nSPS) is 12.4. The minimum Gasteiger partial charge on any atom is -0.508 e. The van der Waals surface area contributed by atoms with E-state index in [9.17, 15) is 15.0 Å². The fraction of sp³-hybridized carbons (Fsp3) is 0.364. The summed E-state index contributed by atoms with van der Waals surface area (Å²) in [5, 5.41) is 36.5. The second kappa shape index (κ2) is 5.48. The van der Waals surface area contributed by atoms with Gasteiger partial charge in [0.05, 0.1) is 11.7 Å². The Balaban J connectivity index is 2.99. The monoisotopic (exact) mass is 226 g/mol. The van der Waals surface area contributed by atoms with E-state index < -0.39 is 12.1 Å². The number of aliphatic hydroxyl groups excluding tert-OH is 2. The number of hydrogen-bond donors (Lipinski definition) is 4. The standard InChI is InChI=1S/C11H14O5/c12-5-1-2-10(14)9-6-7(13)3-4-8(9)11(15)16/h3-4,6,10,12-14H,1-2,5H2,(H,15,16).